The monoisotopic (exact) mass is 451 g/mol. The lowest BCUT2D eigenvalue weighted by Crippen LogP contribution is -2.37. The second-order valence-corrected chi connectivity index (χ2v) is 8.18. The fourth-order valence-corrected chi connectivity index (χ4v) is 3.84. The van der Waals surface area contributed by atoms with Gasteiger partial charge >= 0.3 is 5.97 Å². The van der Waals surface area contributed by atoms with Crippen LogP contribution in [0.15, 0.2) is 66.0 Å². The van der Waals surface area contributed by atoms with Crippen LogP contribution in [0.2, 0.25) is 0 Å². The Morgan fingerprint density at radius 2 is 1.72 bits per heavy atom. The molecule has 0 bridgehead atoms. The molecule has 0 aliphatic carbocycles. The number of nitrogens with zero attached hydrogens (tertiary/aromatic N) is 2. The Kier molecular flexibility index (Phi) is 8.10. The number of carbonyl (C=O) groups excluding carboxylic acids is 3. The van der Waals surface area contributed by atoms with Crippen molar-refractivity contribution in [2.24, 2.45) is 5.92 Å². The molecule has 1 atom stereocenters. The van der Waals surface area contributed by atoms with E-state index in [2.05, 4.69) is 10.3 Å². The number of aromatic nitrogens is 1. The Morgan fingerprint density at radius 3 is 2.38 bits per heavy atom. The molecule has 1 unspecified atom stereocenters. The van der Waals surface area contributed by atoms with E-state index >= 15 is 0 Å². The fraction of sp³-hybridized carbons (Fsp3) is 0.250. The summed E-state index contributed by atoms with van der Waals surface area (Å²) in [5, 5.41) is 4.94. The summed E-state index contributed by atoms with van der Waals surface area (Å²) in [6.45, 7) is 2.35. The molecule has 2 aromatic carbocycles. The summed E-state index contributed by atoms with van der Waals surface area (Å²) in [5.74, 6) is -1.23. The summed E-state index contributed by atoms with van der Waals surface area (Å²) in [7, 11) is 1.34. The van der Waals surface area contributed by atoms with E-state index in [1.165, 1.54) is 18.4 Å². The Hall–Kier alpha value is -3.52. The van der Waals surface area contributed by atoms with Gasteiger partial charge in [-0.3, -0.25) is 19.7 Å². The maximum absolute atomic E-state index is 13.1. The minimum Gasteiger partial charge on any atom is -0.469 e. The zero-order chi connectivity index (χ0) is 22.9. The van der Waals surface area contributed by atoms with Gasteiger partial charge in [0.15, 0.2) is 5.13 Å². The largest absolute Gasteiger partial charge is 0.469 e. The third-order valence-electron chi connectivity index (χ3n) is 4.81. The van der Waals surface area contributed by atoms with Crippen molar-refractivity contribution in [3.63, 3.8) is 0 Å². The maximum Gasteiger partial charge on any atom is 0.310 e. The molecule has 0 aliphatic rings. The van der Waals surface area contributed by atoms with E-state index in [0.717, 1.165) is 5.56 Å². The van der Waals surface area contributed by atoms with Crippen molar-refractivity contribution in [1.82, 2.24) is 9.88 Å². The van der Waals surface area contributed by atoms with Crippen LogP contribution in [0, 0.1) is 5.92 Å². The number of carbonyl (C=O) groups is 3. The molecular weight excluding hydrogens is 426 g/mol. The van der Waals surface area contributed by atoms with Gasteiger partial charge in [0.2, 0.25) is 5.91 Å². The van der Waals surface area contributed by atoms with E-state index in [1.807, 2.05) is 36.4 Å². The lowest BCUT2D eigenvalue weighted by atomic mass is 10.1. The summed E-state index contributed by atoms with van der Waals surface area (Å²) < 4.78 is 4.81. The van der Waals surface area contributed by atoms with Crippen LogP contribution in [0.25, 0.3) is 0 Å². The quantitative estimate of drug-likeness (QED) is 0.500. The number of nitrogens with one attached hydrogen (secondary N) is 1. The van der Waals surface area contributed by atoms with E-state index in [4.69, 9.17) is 4.74 Å². The van der Waals surface area contributed by atoms with Crippen LogP contribution in [0.1, 0.15) is 28.5 Å². The molecule has 32 heavy (non-hydrogen) atoms. The van der Waals surface area contributed by atoms with Crippen LogP contribution in [-0.2, 0) is 27.3 Å². The number of thiazole rings is 1. The van der Waals surface area contributed by atoms with Crippen LogP contribution in [0.5, 0.6) is 0 Å². The fourth-order valence-electron chi connectivity index (χ4n) is 3.14. The second-order valence-electron chi connectivity index (χ2n) is 7.32. The van der Waals surface area contributed by atoms with Crippen molar-refractivity contribution in [2.45, 2.75) is 19.9 Å². The lowest BCUT2D eigenvalue weighted by molar-refractivity contribution is -0.146. The second kappa shape index (κ2) is 11.2. The molecule has 1 heterocycles. The summed E-state index contributed by atoms with van der Waals surface area (Å²) in [5.41, 5.74) is 2.06. The van der Waals surface area contributed by atoms with Gasteiger partial charge in [-0.05, 0) is 17.7 Å². The molecule has 2 amide bonds. The molecule has 3 rings (SSSR count). The highest BCUT2D eigenvalue weighted by atomic mass is 32.1. The molecule has 7 nitrogen and oxygen atoms in total. The molecule has 0 radical (unpaired) electrons. The Bertz CT molecular complexity index is 1050. The zero-order valence-corrected chi connectivity index (χ0v) is 18.8. The average molecular weight is 452 g/mol. The predicted molar refractivity (Wildman–Crippen MR) is 123 cm³/mol. The molecular formula is C24H25N3O4S. The Morgan fingerprint density at radius 1 is 1.06 bits per heavy atom. The first-order valence-electron chi connectivity index (χ1n) is 10.2. The zero-order valence-electron chi connectivity index (χ0n) is 18.0. The van der Waals surface area contributed by atoms with Gasteiger partial charge < -0.3 is 9.64 Å². The van der Waals surface area contributed by atoms with Gasteiger partial charge in [-0.15, -0.1) is 11.3 Å². The van der Waals surface area contributed by atoms with Crippen LogP contribution >= 0.6 is 11.3 Å². The van der Waals surface area contributed by atoms with E-state index < -0.39 is 5.92 Å². The van der Waals surface area contributed by atoms with E-state index in [1.54, 1.807) is 41.5 Å². The van der Waals surface area contributed by atoms with Gasteiger partial charge in [-0.1, -0.05) is 55.5 Å². The van der Waals surface area contributed by atoms with Crippen LogP contribution < -0.4 is 5.32 Å². The van der Waals surface area contributed by atoms with E-state index in [0.29, 0.717) is 22.9 Å². The third kappa shape index (κ3) is 6.49. The van der Waals surface area contributed by atoms with Gasteiger partial charge in [0, 0.05) is 24.0 Å². The highest BCUT2D eigenvalue weighted by Gasteiger charge is 2.23. The lowest BCUT2D eigenvalue weighted by Gasteiger charge is -2.25. The number of benzene rings is 2. The van der Waals surface area contributed by atoms with Crippen molar-refractivity contribution in [1.29, 1.82) is 0 Å². The minimum absolute atomic E-state index is 0.0679. The van der Waals surface area contributed by atoms with Crippen LogP contribution in [-0.4, -0.2) is 41.3 Å². The topological polar surface area (TPSA) is 88.6 Å². The van der Waals surface area contributed by atoms with Crippen molar-refractivity contribution < 1.29 is 19.1 Å². The first-order valence-corrected chi connectivity index (χ1v) is 11.0. The molecule has 0 saturated heterocycles. The van der Waals surface area contributed by atoms with E-state index in [-0.39, 0.29) is 30.7 Å². The van der Waals surface area contributed by atoms with Crippen molar-refractivity contribution >= 4 is 34.3 Å². The molecule has 1 aromatic heterocycles. The molecule has 0 aliphatic heterocycles. The molecule has 0 saturated carbocycles. The minimum atomic E-state index is -0.455. The number of rotatable bonds is 9. The summed E-state index contributed by atoms with van der Waals surface area (Å²) >= 11 is 1.26. The SMILES string of the molecule is COC(=O)C(C)CN(Cc1ccccc1)C(=O)Cc1csc(NC(=O)c2ccccc2)n1. The summed E-state index contributed by atoms with van der Waals surface area (Å²) in [6, 6.07) is 18.4. The van der Waals surface area contributed by atoms with Gasteiger partial charge in [0.25, 0.3) is 5.91 Å². The normalized spacial score (nSPS) is 11.4. The molecule has 0 fully saturated rings. The number of methoxy groups -OCH3 is 1. The molecule has 3 aromatic rings. The van der Waals surface area contributed by atoms with E-state index in [9.17, 15) is 14.4 Å². The summed E-state index contributed by atoms with van der Waals surface area (Å²) in [4.78, 5) is 43.3. The number of hydrogen-bond acceptors (Lipinski definition) is 6. The highest BCUT2D eigenvalue weighted by Crippen LogP contribution is 2.18. The van der Waals surface area contributed by atoms with Crippen molar-refractivity contribution in [3.05, 3.63) is 82.9 Å². The Balaban J connectivity index is 1.67. The number of anilines is 1. The number of ether oxygens (including phenoxy) is 1. The molecule has 166 valence electrons. The van der Waals surface area contributed by atoms with Gasteiger partial charge in [0.05, 0.1) is 25.1 Å². The van der Waals surface area contributed by atoms with Gasteiger partial charge in [-0.25, -0.2) is 4.98 Å². The number of amides is 2. The number of hydrogen-bond donors (Lipinski definition) is 1. The molecule has 1 N–H and O–H groups in total. The first kappa shape index (κ1) is 23.1. The maximum atomic E-state index is 13.1. The predicted octanol–water partition coefficient (Wildman–Crippen LogP) is 3.78. The molecule has 8 heteroatoms. The molecule has 0 spiro atoms. The highest BCUT2D eigenvalue weighted by molar-refractivity contribution is 7.14. The standard InChI is InChI=1S/C24H25N3O4S/c1-17(23(30)31-2)14-27(15-18-9-5-3-6-10-18)21(28)13-20-16-32-24(25-20)26-22(29)19-11-7-4-8-12-19/h3-12,16-17H,13-15H2,1-2H3,(H,25,26,29). The van der Waals surface area contributed by atoms with Gasteiger partial charge in [0.1, 0.15) is 0 Å². The third-order valence-corrected chi connectivity index (χ3v) is 5.61. The smallest absolute Gasteiger partial charge is 0.310 e. The van der Waals surface area contributed by atoms with Gasteiger partial charge in [-0.2, -0.15) is 0 Å². The first-order chi connectivity index (χ1) is 15.5. The van der Waals surface area contributed by atoms with Crippen molar-refractivity contribution in [3.8, 4) is 0 Å². The van der Waals surface area contributed by atoms with Crippen LogP contribution in [0.3, 0.4) is 0 Å². The van der Waals surface area contributed by atoms with Crippen LogP contribution in [0.4, 0.5) is 5.13 Å². The van der Waals surface area contributed by atoms with Crippen molar-refractivity contribution in [2.75, 3.05) is 19.0 Å². The Labute approximate surface area is 191 Å². The summed E-state index contributed by atoms with van der Waals surface area (Å²) in [6.07, 6.45) is 0.0679. The number of esters is 1. The average Bonchev–Trinajstić information content (AvgIpc) is 3.25.